The summed E-state index contributed by atoms with van der Waals surface area (Å²) >= 11 is 7.31. The highest BCUT2D eigenvalue weighted by atomic mass is 35.5. The largest absolute Gasteiger partial charge is 0.326 e. The number of hydrogen-bond acceptors (Lipinski definition) is 6. The fourth-order valence-electron chi connectivity index (χ4n) is 2.90. The zero-order valence-electron chi connectivity index (χ0n) is 14.7. The molecule has 0 bridgehead atoms. The summed E-state index contributed by atoms with van der Waals surface area (Å²) in [7, 11) is 0. The Balaban J connectivity index is 1.42. The highest BCUT2D eigenvalue weighted by Gasteiger charge is 2.29. The number of benzene rings is 2. The van der Waals surface area contributed by atoms with Crippen LogP contribution in [0.25, 0.3) is 5.69 Å². The van der Waals surface area contributed by atoms with Gasteiger partial charge in [-0.1, -0.05) is 11.6 Å². The molecule has 1 unspecified atom stereocenters. The maximum atomic E-state index is 12.5. The van der Waals surface area contributed by atoms with Crippen molar-refractivity contribution >= 4 is 46.6 Å². The van der Waals surface area contributed by atoms with E-state index in [0.29, 0.717) is 16.4 Å². The van der Waals surface area contributed by atoms with Gasteiger partial charge in [-0.2, -0.15) is 0 Å². The first-order valence-corrected chi connectivity index (χ1v) is 9.66. The number of fused-ring (bicyclic) bond motifs is 1. The molecule has 0 spiro atoms. The number of aryl methyl sites for hydroxylation is 1. The molecule has 1 aliphatic rings. The van der Waals surface area contributed by atoms with E-state index >= 15 is 0 Å². The van der Waals surface area contributed by atoms with Crippen LogP contribution >= 0.6 is 23.4 Å². The van der Waals surface area contributed by atoms with Gasteiger partial charge in [0.05, 0.1) is 16.6 Å². The predicted octanol–water partition coefficient (Wildman–Crippen LogP) is 3.07. The van der Waals surface area contributed by atoms with Crippen LogP contribution in [0.3, 0.4) is 0 Å². The summed E-state index contributed by atoms with van der Waals surface area (Å²) in [6.45, 7) is 1.90. The van der Waals surface area contributed by atoms with E-state index in [4.69, 9.17) is 11.6 Å². The Kier molecular flexibility index (Phi) is 5.01. The van der Waals surface area contributed by atoms with Crippen molar-refractivity contribution < 1.29 is 9.59 Å². The van der Waals surface area contributed by atoms with Gasteiger partial charge < -0.3 is 10.6 Å². The lowest BCUT2D eigenvalue weighted by Crippen LogP contribution is -2.32. The molecule has 0 saturated carbocycles. The van der Waals surface area contributed by atoms with E-state index in [-0.39, 0.29) is 18.2 Å². The molecule has 4 rings (SSSR count). The van der Waals surface area contributed by atoms with Gasteiger partial charge in [0, 0.05) is 22.0 Å². The van der Waals surface area contributed by atoms with Gasteiger partial charge in [0.15, 0.2) is 0 Å². The lowest BCUT2D eigenvalue weighted by Gasteiger charge is -2.23. The molecule has 3 aromatic rings. The summed E-state index contributed by atoms with van der Waals surface area (Å²) < 4.78 is 1.55. The lowest BCUT2D eigenvalue weighted by molar-refractivity contribution is -0.120. The van der Waals surface area contributed by atoms with Crippen LogP contribution in [0.5, 0.6) is 0 Å². The molecule has 2 N–H and O–H groups in total. The standard InChI is InChI=1S/C18H15ClN6O2S/c1-10-6-12(3-4-14(10)25-9-20-23-24-25)21-17(26)8-16-18(27)22-13-7-11(19)2-5-15(13)28-16/h2-7,9,16H,8H2,1H3,(H,21,26)(H,22,27). The number of tetrazole rings is 1. The van der Waals surface area contributed by atoms with Gasteiger partial charge in [-0.25, -0.2) is 4.68 Å². The molecule has 2 amide bonds. The first-order valence-electron chi connectivity index (χ1n) is 8.40. The third-order valence-corrected chi connectivity index (χ3v) is 5.72. The Morgan fingerprint density at radius 1 is 1.32 bits per heavy atom. The zero-order valence-corrected chi connectivity index (χ0v) is 16.3. The third-order valence-electron chi connectivity index (χ3n) is 4.21. The Labute approximate surface area is 169 Å². The summed E-state index contributed by atoms with van der Waals surface area (Å²) in [6, 6.07) is 10.7. The molecule has 0 fully saturated rings. The highest BCUT2D eigenvalue weighted by molar-refractivity contribution is 8.01. The first kappa shape index (κ1) is 18.5. The average molecular weight is 415 g/mol. The number of thioether (sulfide) groups is 1. The van der Waals surface area contributed by atoms with Gasteiger partial charge in [0.2, 0.25) is 11.8 Å². The Morgan fingerprint density at radius 3 is 2.93 bits per heavy atom. The van der Waals surface area contributed by atoms with E-state index in [1.807, 2.05) is 25.1 Å². The monoisotopic (exact) mass is 414 g/mol. The van der Waals surface area contributed by atoms with Crippen molar-refractivity contribution in [3.63, 3.8) is 0 Å². The molecule has 8 nitrogen and oxygen atoms in total. The number of halogens is 1. The second-order valence-electron chi connectivity index (χ2n) is 6.24. The summed E-state index contributed by atoms with van der Waals surface area (Å²) in [6.07, 6.45) is 1.57. The van der Waals surface area contributed by atoms with Crippen LogP contribution in [-0.2, 0) is 9.59 Å². The zero-order chi connectivity index (χ0) is 19.7. The molecule has 28 heavy (non-hydrogen) atoms. The maximum absolute atomic E-state index is 12.5. The fourth-order valence-corrected chi connectivity index (χ4v) is 4.16. The van der Waals surface area contributed by atoms with Crippen LogP contribution in [-0.4, -0.2) is 37.3 Å². The molecule has 2 heterocycles. The summed E-state index contributed by atoms with van der Waals surface area (Å²) in [5, 5.41) is 16.8. The Hall–Kier alpha value is -2.91. The topological polar surface area (TPSA) is 102 Å². The Morgan fingerprint density at radius 2 is 2.18 bits per heavy atom. The van der Waals surface area contributed by atoms with Crippen LogP contribution in [0.1, 0.15) is 12.0 Å². The number of anilines is 2. The molecule has 0 aliphatic carbocycles. The number of aromatic nitrogens is 4. The molecule has 1 aromatic heterocycles. The molecule has 0 saturated heterocycles. The van der Waals surface area contributed by atoms with Gasteiger partial charge >= 0.3 is 0 Å². The number of carbonyl (C=O) groups excluding carboxylic acids is 2. The van der Waals surface area contributed by atoms with Crippen molar-refractivity contribution in [2.45, 2.75) is 23.5 Å². The van der Waals surface area contributed by atoms with Gasteiger partial charge in [-0.05, 0) is 59.3 Å². The van der Waals surface area contributed by atoms with Crippen molar-refractivity contribution in [1.82, 2.24) is 20.2 Å². The number of amides is 2. The van der Waals surface area contributed by atoms with Crippen molar-refractivity contribution in [3.05, 3.63) is 53.3 Å². The first-order chi connectivity index (χ1) is 13.5. The summed E-state index contributed by atoms with van der Waals surface area (Å²) in [4.78, 5) is 25.7. The van der Waals surface area contributed by atoms with Crippen molar-refractivity contribution in [2.24, 2.45) is 0 Å². The van der Waals surface area contributed by atoms with Crippen LogP contribution in [0.15, 0.2) is 47.6 Å². The maximum Gasteiger partial charge on any atom is 0.238 e. The highest BCUT2D eigenvalue weighted by Crippen LogP contribution is 2.38. The second-order valence-corrected chi connectivity index (χ2v) is 7.93. The average Bonchev–Trinajstić information content (AvgIpc) is 3.17. The number of rotatable bonds is 4. The van der Waals surface area contributed by atoms with Crippen LogP contribution in [0, 0.1) is 6.92 Å². The van der Waals surface area contributed by atoms with E-state index in [1.54, 1.807) is 22.9 Å². The molecule has 0 radical (unpaired) electrons. The van der Waals surface area contributed by atoms with Crippen molar-refractivity contribution in [3.8, 4) is 5.69 Å². The van der Waals surface area contributed by atoms with Gasteiger partial charge in [0.25, 0.3) is 0 Å². The minimum atomic E-state index is -0.504. The van der Waals surface area contributed by atoms with E-state index in [0.717, 1.165) is 16.1 Å². The molecule has 1 aliphatic heterocycles. The number of hydrogen-bond donors (Lipinski definition) is 2. The smallest absolute Gasteiger partial charge is 0.238 e. The van der Waals surface area contributed by atoms with Crippen LogP contribution in [0.2, 0.25) is 5.02 Å². The fraction of sp³-hybridized carbons (Fsp3) is 0.167. The predicted molar refractivity (Wildman–Crippen MR) is 107 cm³/mol. The Bertz CT molecular complexity index is 1060. The van der Waals surface area contributed by atoms with Crippen molar-refractivity contribution in [1.29, 1.82) is 0 Å². The third kappa shape index (κ3) is 3.85. The van der Waals surface area contributed by atoms with E-state index in [2.05, 4.69) is 26.2 Å². The molecule has 1 atom stereocenters. The molecule has 2 aromatic carbocycles. The van der Waals surface area contributed by atoms with Gasteiger partial charge in [-0.15, -0.1) is 16.9 Å². The van der Waals surface area contributed by atoms with Gasteiger partial charge in [-0.3, -0.25) is 9.59 Å². The summed E-state index contributed by atoms with van der Waals surface area (Å²) in [5.74, 6) is -0.445. The number of nitrogens with one attached hydrogen (secondary N) is 2. The lowest BCUT2D eigenvalue weighted by atomic mass is 10.1. The van der Waals surface area contributed by atoms with Crippen LogP contribution in [0.4, 0.5) is 11.4 Å². The number of carbonyl (C=O) groups is 2. The van der Waals surface area contributed by atoms with Gasteiger partial charge in [0.1, 0.15) is 6.33 Å². The SMILES string of the molecule is Cc1cc(NC(=O)CC2Sc3ccc(Cl)cc3NC2=O)ccc1-n1cnnn1. The van der Waals surface area contributed by atoms with E-state index in [1.165, 1.54) is 18.1 Å². The van der Waals surface area contributed by atoms with E-state index in [9.17, 15) is 9.59 Å². The number of nitrogens with zero attached hydrogens (tertiary/aromatic N) is 4. The summed E-state index contributed by atoms with van der Waals surface area (Å²) in [5.41, 5.74) is 3.04. The quantitative estimate of drug-likeness (QED) is 0.680. The molecular formula is C18H15ClN6O2S. The second kappa shape index (κ2) is 7.61. The molecular weight excluding hydrogens is 400 g/mol. The molecule has 142 valence electrons. The molecule has 10 heteroatoms. The van der Waals surface area contributed by atoms with E-state index < -0.39 is 5.25 Å². The normalized spacial score (nSPS) is 15.6. The van der Waals surface area contributed by atoms with Crippen LogP contribution < -0.4 is 10.6 Å². The minimum Gasteiger partial charge on any atom is -0.326 e. The van der Waals surface area contributed by atoms with Crippen molar-refractivity contribution in [2.75, 3.05) is 10.6 Å². The minimum absolute atomic E-state index is 0.0619.